The highest BCUT2D eigenvalue weighted by molar-refractivity contribution is 5.94. The molecule has 1 unspecified atom stereocenters. The third-order valence-corrected chi connectivity index (χ3v) is 2.79. The Kier molecular flexibility index (Phi) is 6.24. The molecule has 1 rings (SSSR count). The van der Waals surface area contributed by atoms with Crippen LogP contribution in [0.4, 0.5) is 11.5 Å². The van der Waals surface area contributed by atoms with Gasteiger partial charge in [0.1, 0.15) is 11.9 Å². The summed E-state index contributed by atoms with van der Waals surface area (Å²) in [6.45, 7) is 6.13. The average Bonchev–Trinajstić information content (AvgIpc) is 2.42. The fourth-order valence-electron chi connectivity index (χ4n) is 1.68. The molecule has 0 saturated heterocycles. The largest absolute Gasteiger partial charge is 0.383 e. The van der Waals surface area contributed by atoms with Crippen molar-refractivity contribution in [1.29, 1.82) is 0 Å². The normalized spacial score (nSPS) is 12.0. The van der Waals surface area contributed by atoms with Gasteiger partial charge in [0.15, 0.2) is 0 Å². The lowest BCUT2D eigenvalue weighted by Gasteiger charge is -2.19. The Bertz CT molecular complexity index is 390. The minimum atomic E-state index is -0.674. The maximum Gasteiger partial charge on any atom is 0.243 e. The van der Waals surface area contributed by atoms with E-state index in [0.29, 0.717) is 5.69 Å². The highest BCUT2D eigenvalue weighted by Gasteiger charge is 2.13. The standard InChI is InChI=1S/C13H22N4O2/c1-4-17(5-2)12-7-6-10(8-15-12)16-13(18)11(14)9-19-3/h6-8,11H,4-5,9,14H2,1-3H3,(H,16,18). The van der Waals surface area contributed by atoms with Gasteiger partial charge >= 0.3 is 0 Å². The second-order valence-corrected chi connectivity index (χ2v) is 4.13. The Morgan fingerprint density at radius 2 is 2.16 bits per heavy atom. The van der Waals surface area contributed by atoms with Gasteiger partial charge in [0.2, 0.25) is 5.91 Å². The van der Waals surface area contributed by atoms with E-state index < -0.39 is 6.04 Å². The second kappa shape index (κ2) is 7.70. The summed E-state index contributed by atoms with van der Waals surface area (Å²) in [4.78, 5) is 18.1. The number of hydrogen-bond donors (Lipinski definition) is 2. The Balaban J connectivity index is 2.64. The molecule has 0 aromatic carbocycles. The van der Waals surface area contributed by atoms with Crippen molar-refractivity contribution in [3.63, 3.8) is 0 Å². The highest BCUT2D eigenvalue weighted by Crippen LogP contribution is 2.13. The molecule has 3 N–H and O–H groups in total. The lowest BCUT2D eigenvalue weighted by molar-refractivity contribution is -0.118. The summed E-state index contributed by atoms with van der Waals surface area (Å²) in [5, 5.41) is 2.70. The Labute approximate surface area is 113 Å². The van der Waals surface area contributed by atoms with Gasteiger partial charge in [-0.15, -0.1) is 0 Å². The van der Waals surface area contributed by atoms with Gasteiger partial charge in [-0.1, -0.05) is 0 Å². The topological polar surface area (TPSA) is 80.5 Å². The molecule has 0 saturated carbocycles. The van der Waals surface area contributed by atoms with E-state index in [0.717, 1.165) is 18.9 Å². The number of ether oxygens (including phenoxy) is 1. The molecule has 6 heteroatoms. The van der Waals surface area contributed by atoms with Crippen molar-refractivity contribution in [2.45, 2.75) is 19.9 Å². The molecule has 1 atom stereocenters. The number of nitrogens with two attached hydrogens (primary N) is 1. The number of anilines is 2. The monoisotopic (exact) mass is 266 g/mol. The molecule has 0 fully saturated rings. The van der Waals surface area contributed by atoms with E-state index in [1.807, 2.05) is 12.1 Å². The van der Waals surface area contributed by atoms with Crippen molar-refractivity contribution in [1.82, 2.24) is 4.98 Å². The van der Waals surface area contributed by atoms with E-state index in [1.54, 1.807) is 6.20 Å². The number of carbonyl (C=O) groups is 1. The Hall–Kier alpha value is -1.66. The van der Waals surface area contributed by atoms with Crippen LogP contribution >= 0.6 is 0 Å². The molecular weight excluding hydrogens is 244 g/mol. The first-order chi connectivity index (χ1) is 9.12. The van der Waals surface area contributed by atoms with E-state index in [1.165, 1.54) is 7.11 Å². The summed E-state index contributed by atoms with van der Waals surface area (Å²) in [6, 6.07) is 3.02. The quantitative estimate of drug-likeness (QED) is 0.764. The third kappa shape index (κ3) is 4.50. The number of methoxy groups -OCH3 is 1. The number of aromatic nitrogens is 1. The molecule has 1 aromatic rings. The van der Waals surface area contributed by atoms with Crippen LogP contribution in [0.5, 0.6) is 0 Å². The molecule has 0 radical (unpaired) electrons. The van der Waals surface area contributed by atoms with Gasteiger partial charge in [-0.2, -0.15) is 0 Å². The number of nitrogens with zero attached hydrogens (tertiary/aromatic N) is 2. The van der Waals surface area contributed by atoms with Gasteiger partial charge in [-0.05, 0) is 26.0 Å². The van der Waals surface area contributed by atoms with Crippen LogP contribution in [0.15, 0.2) is 18.3 Å². The average molecular weight is 266 g/mol. The fourth-order valence-corrected chi connectivity index (χ4v) is 1.68. The molecular formula is C13H22N4O2. The number of nitrogens with one attached hydrogen (secondary N) is 1. The Morgan fingerprint density at radius 1 is 1.47 bits per heavy atom. The summed E-state index contributed by atoms with van der Waals surface area (Å²) < 4.78 is 4.83. The minimum Gasteiger partial charge on any atom is -0.383 e. The van der Waals surface area contributed by atoms with E-state index in [-0.39, 0.29) is 12.5 Å². The van der Waals surface area contributed by atoms with Crippen molar-refractivity contribution < 1.29 is 9.53 Å². The predicted octanol–water partition coefficient (Wildman–Crippen LogP) is 0.840. The smallest absolute Gasteiger partial charge is 0.243 e. The minimum absolute atomic E-state index is 0.191. The third-order valence-electron chi connectivity index (χ3n) is 2.79. The summed E-state index contributed by atoms with van der Waals surface area (Å²) >= 11 is 0. The van der Waals surface area contributed by atoms with Crippen molar-refractivity contribution in [2.24, 2.45) is 5.73 Å². The van der Waals surface area contributed by atoms with Gasteiger partial charge in [-0.25, -0.2) is 4.98 Å². The Morgan fingerprint density at radius 3 is 2.63 bits per heavy atom. The van der Waals surface area contributed by atoms with Crippen LogP contribution in [0.3, 0.4) is 0 Å². The first-order valence-electron chi connectivity index (χ1n) is 6.38. The van der Waals surface area contributed by atoms with Gasteiger partial charge in [-0.3, -0.25) is 4.79 Å². The van der Waals surface area contributed by atoms with E-state index in [4.69, 9.17) is 10.5 Å². The molecule has 0 aliphatic heterocycles. The molecule has 0 aliphatic carbocycles. The van der Waals surface area contributed by atoms with Gasteiger partial charge < -0.3 is 20.7 Å². The molecule has 6 nitrogen and oxygen atoms in total. The van der Waals surface area contributed by atoms with Crippen molar-refractivity contribution in [2.75, 3.05) is 37.0 Å². The number of rotatable bonds is 7. The predicted molar refractivity (Wildman–Crippen MR) is 76.3 cm³/mol. The molecule has 1 aromatic heterocycles. The maximum absolute atomic E-state index is 11.7. The lowest BCUT2D eigenvalue weighted by Crippen LogP contribution is -2.39. The van der Waals surface area contributed by atoms with Crippen molar-refractivity contribution >= 4 is 17.4 Å². The van der Waals surface area contributed by atoms with Gasteiger partial charge in [0.05, 0.1) is 18.5 Å². The maximum atomic E-state index is 11.7. The molecule has 106 valence electrons. The molecule has 1 heterocycles. The molecule has 0 bridgehead atoms. The number of carbonyl (C=O) groups excluding carboxylic acids is 1. The van der Waals surface area contributed by atoms with Crippen LogP contribution in [-0.2, 0) is 9.53 Å². The number of pyridine rings is 1. The van der Waals surface area contributed by atoms with Gasteiger partial charge in [0.25, 0.3) is 0 Å². The number of hydrogen-bond acceptors (Lipinski definition) is 5. The zero-order valence-electron chi connectivity index (χ0n) is 11.7. The van der Waals surface area contributed by atoms with Crippen molar-refractivity contribution in [3.8, 4) is 0 Å². The van der Waals surface area contributed by atoms with Crippen LogP contribution in [-0.4, -0.2) is 43.7 Å². The fraction of sp³-hybridized carbons (Fsp3) is 0.538. The number of amides is 1. The van der Waals surface area contributed by atoms with E-state index in [9.17, 15) is 4.79 Å². The zero-order chi connectivity index (χ0) is 14.3. The zero-order valence-corrected chi connectivity index (χ0v) is 11.7. The molecule has 0 aliphatic rings. The first kappa shape index (κ1) is 15.4. The highest BCUT2D eigenvalue weighted by atomic mass is 16.5. The lowest BCUT2D eigenvalue weighted by atomic mass is 10.3. The van der Waals surface area contributed by atoms with Crippen LogP contribution in [0.1, 0.15) is 13.8 Å². The summed E-state index contributed by atoms with van der Waals surface area (Å²) in [6.07, 6.45) is 1.63. The molecule has 1 amide bonds. The van der Waals surface area contributed by atoms with Crippen LogP contribution in [0.2, 0.25) is 0 Å². The SMILES string of the molecule is CCN(CC)c1ccc(NC(=O)C(N)COC)cn1. The van der Waals surface area contributed by atoms with E-state index in [2.05, 4.69) is 29.0 Å². The van der Waals surface area contributed by atoms with Crippen LogP contribution in [0.25, 0.3) is 0 Å². The van der Waals surface area contributed by atoms with E-state index >= 15 is 0 Å². The molecule has 19 heavy (non-hydrogen) atoms. The first-order valence-corrected chi connectivity index (χ1v) is 6.38. The summed E-state index contributed by atoms with van der Waals surface area (Å²) in [7, 11) is 1.51. The van der Waals surface area contributed by atoms with Crippen LogP contribution in [0, 0.1) is 0 Å². The van der Waals surface area contributed by atoms with Crippen molar-refractivity contribution in [3.05, 3.63) is 18.3 Å². The summed E-state index contributed by atoms with van der Waals surface area (Å²) in [5.74, 6) is 0.614. The molecule has 0 spiro atoms. The van der Waals surface area contributed by atoms with Gasteiger partial charge in [0, 0.05) is 20.2 Å². The second-order valence-electron chi connectivity index (χ2n) is 4.13. The summed E-state index contributed by atoms with van der Waals surface area (Å²) in [5.41, 5.74) is 6.26. The van der Waals surface area contributed by atoms with Crippen LogP contribution < -0.4 is 16.0 Å².